The minimum atomic E-state index is -4.22. The molecule has 0 aromatic carbocycles. The Labute approximate surface area is 76.7 Å². The fraction of sp³-hybridized carbons (Fsp3) is 1.00. The maximum absolute atomic E-state index is 11.7. The monoisotopic (exact) mass is 199 g/mol. The van der Waals surface area contributed by atoms with Crippen LogP contribution in [-0.4, -0.2) is 43.9 Å². The van der Waals surface area contributed by atoms with Gasteiger partial charge in [-0.25, -0.2) is 0 Å². The van der Waals surface area contributed by atoms with E-state index in [2.05, 4.69) is 4.74 Å². The Hall–Kier alpha value is -0.290. The maximum Gasteiger partial charge on any atom is 0.411 e. The Morgan fingerprint density at radius 2 is 1.92 bits per heavy atom. The van der Waals surface area contributed by atoms with E-state index in [1.54, 1.807) is 6.92 Å². The lowest BCUT2D eigenvalue weighted by Gasteiger charge is -2.20. The molecule has 0 bridgehead atoms. The highest BCUT2D eigenvalue weighted by atomic mass is 19.4. The van der Waals surface area contributed by atoms with Gasteiger partial charge in [-0.2, -0.15) is 13.2 Å². The van der Waals surface area contributed by atoms with Crippen molar-refractivity contribution in [2.45, 2.75) is 26.1 Å². The predicted molar refractivity (Wildman–Crippen MR) is 44.6 cm³/mol. The average molecular weight is 199 g/mol. The van der Waals surface area contributed by atoms with E-state index in [1.165, 1.54) is 0 Å². The highest BCUT2D eigenvalue weighted by Crippen LogP contribution is 2.15. The van der Waals surface area contributed by atoms with E-state index in [0.717, 1.165) is 6.54 Å². The summed E-state index contributed by atoms with van der Waals surface area (Å²) in [5, 5.41) is 0. The van der Waals surface area contributed by atoms with Crippen LogP contribution in [0, 0.1) is 0 Å². The van der Waals surface area contributed by atoms with Crippen LogP contribution in [0.15, 0.2) is 0 Å². The van der Waals surface area contributed by atoms with Gasteiger partial charge in [0.25, 0.3) is 0 Å². The summed E-state index contributed by atoms with van der Waals surface area (Å²) < 4.78 is 39.7. The topological polar surface area (TPSA) is 12.5 Å². The molecule has 2 nitrogen and oxygen atoms in total. The SMILES string of the molecule is CCN(C)CC(C)OCC(F)(F)F. The Bertz CT molecular complexity index is 138. The number of ether oxygens (including phenoxy) is 1. The molecule has 0 saturated heterocycles. The first-order chi connectivity index (χ1) is 5.85. The number of likely N-dealkylation sites (N-methyl/N-ethyl adjacent to an activating group) is 1. The molecule has 0 N–H and O–H groups in total. The van der Waals surface area contributed by atoms with Gasteiger partial charge in [0.15, 0.2) is 0 Å². The van der Waals surface area contributed by atoms with Crippen molar-refractivity contribution in [3.05, 3.63) is 0 Å². The fourth-order valence-electron chi connectivity index (χ4n) is 0.857. The van der Waals surface area contributed by atoms with Crippen molar-refractivity contribution < 1.29 is 17.9 Å². The van der Waals surface area contributed by atoms with Gasteiger partial charge in [-0.1, -0.05) is 6.92 Å². The molecule has 0 aliphatic heterocycles. The molecule has 0 saturated carbocycles. The molecule has 0 rings (SSSR count). The number of hydrogen-bond donors (Lipinski definition) is 0. The summed E-state index contributed by atoms with van der Waals surface area (Å²) in [4.78, 5) is 1.90. The molecular weight excluding hydrogens is 183 g/mol. The Morgan fingerprint density at radius 3 is 2.31 bits per heavy atom. The van der Waals surface area contributed by atoms with E-state index in [9.17, 15) is 13.2 Å². The van der Waals surface area contributed by atoms with Gasteiger partial charge in [0.1, 0.15) is 6.61 Å². The third kappa shape index (κ3) is 8.05. The normalized spacial score (nSPS) is 15.0. The molecule has 80 valence electrons. The molecule has 0 amide bonds. The zero-order valence-corrected chi connectivity index (χ0v) is 8.19. The van der Waals surface area contributed by atoms with Crippen LogP contribution in [0.3, 0.4) is 0 Å². The van der Waals surface area contributed by atoms with Gasteiger partial charge < -0.3 is 9.64 Å². The van der Waals surface area contributed by atoms with Crippen LogP contribution in [0.5, 0.6) is 0 Å². The van der Waals surface area contributed by atoms with Crippen LogP contribution in [0.4, 0.5) is 13.2 Å². The first kappa shape index (κ1) is 12.7. The van der Waals surface area contributed by atoms with Crippen molar-refractivity contribution in [1.29, 1.82) is 0 Å². The van der Waals surface area contributed by atoms with Crippen molar-refractivity contribution in [3.8, 4) is 0 Å². The second kappa shape index (κ2) is 5.44. The quantitative estimate of drug-likeness (QED) is 0.670. The van der Waals surface area contributed by atoms with E-state index >= 15 is 0 Å². The first-order valence-corrected chi connectivity index (χ1v) is 4.22. The highest BCUT2D eigenvalue weighted by Gasteiger charge is 2.28. The summed E-state index contributed by atoms with van der Waals surface area (Å²) in [6.07, 6.45) is -4.61. The van der Waals surface area contributed by atoms with Gasteiger partial charge in [-0.3, -0.25) is 0 Å². The largest absolute Gasteiger partial charge is 0.411 e. The molecule has 1 atom stereocenters. The van der Waals surface area contributed by atoms with E-state index in [0.29, 0.717) is 6.54 Å². The van der Waals surface area contributed by atoms with Gasteiger partial charge in [0.05, 0.1) is 6.10 Å². The van der Waals surface area contributed by atoms with Crippen molar-refractivity contribution in [3.63, 3.8) is 0 Å². The number of rotatable bonds is 5. The molecule has 1 unspecified atom stereocenters. The van der Waals surface area contributed by atoms with Crippen LogP contribution in [0.2, 0.25) is 0 Å². The average Bonchev–Trinajstić information content (AvgIpc) is 1.99. The molecule has 0 heterocycles. The Morgan fingerprint density at radius 1 is 1.38 bits per heavy atom. The molecule has 0 fully saturated rings. The number of halogens is 3. The van der Waals surface area contributed by atoms with Crippen molar-refractivity contribution >= 4 is 0 Å². The lowest BCUT2D eigenvalue weighted by Crippen LogP contribution is -2.31. The molecule has 0 aliphatic rings. The van der Waals surface area contributed by atoms with Gasteiger partial charge in [0, 0.05) is 6.54 Å². The van der Waals surface area contributed by atoms with Gasteiger partial charge in [0.2, 0.25) is 0 Å². The van der Waals surface area contributed by atoms with Gasteiger partial charge in [-0.05, 0) is 20.5 Å². The van der Waals surface area contributed by atoms with E-state index in [-0.39, 0.29) is 6.10 Å². The highest BCUT2D eigenvalue weighted by molar-refractivity contribution is 4.57. The van der Waals surface area contributed by atoms with Crippen LogP contribution in [0.1, 0.15) is 13.8 Å². The van der Waals surface area contributed by atoms with Crippen molar-refractivity contribution in [1.82, 2.24) is 4.90 Å². The van der Waals surface area contributed by atoms with Gasteiger partial charge in [-0.15, -0.1) is 0 Å². The first-order valence-electron chi connectivity index (χ1n) is 4.22. The second-order valence-electron chi connectivity index (χ2n) is 3.09. The fourth-order valence-corrected chi connectivity index (χ4v) is 0.857. The van der Waals surface area contributed by atoms with Crippen LogP contribution >= 0.6 is 0 Å². The molecule has 0 aromatic rings. The molecule has 0 spiro atoms. The molecule has 0 aliphatic carbocycles. The van der Waals surface area contributed by atoms with Crippen LogP contribution in [0.25, 0.3) is 0 Å². The van der Waals surface area contributed by atoms with E-state index in [1.807, 2.05) is 18.9 Å². The van der Waals surface area contributed by atoms with Crippen molar-refractivity contribution in [2.75, 3.05) is 26.7 Å². The molecule has 13 heavy (non-hydrogen) atoms. The smallest absolute Gasteiger partial charge is 0.368 e. The third-order valence-corrected chi connectivity index (χ3v) is 1.64. The Kier molecular flexibility index (Phi) is 5.32. The van der Waals surface area contributed by atoms with Crippen LogP contribution in [-0.2, 0) is 4.74 Å². The Balaban J connectivity index is 3.57. The standard InChI is InChI=1S/C8H16F3NO/c1-4-12(3)5-7(2)13-6-8(9,10)11/h7H,4-6H2,1-3H3. The summed E-state index contributed by atoms with van der Waals surface area (Å²) in [5.74, 6) is 0. The third-order valence-electron chi connectivity index (χ3n) is 1.64. The van der Waals surface area contributed by atoms with Gasteiger partial charge >= 0.3 is 6.18 Å². The summed E-state index contributed by atoms with van der Waals surface area (Å²) in [6.45, 7) is 3.74. The summed E-state index contributed by atoms with van der Waals surface area (Å²) in [5.41, 5.74) is 0. The maximum atomic E-state index is 11.7. The second-order valence-corrected chi connectivity index (χ2v) is 3.09. The zero-order chi connectivity index (χ0) is 10.5. The summed E-state index contributed by atoms with van der Waals surface area (Å²) in [7, 11) is 1.84. The lowest BCUT2D eigenvalue weighted by atomic mass is 10.3. The summed E-state index contributed by atoms with van der Waals surface area (Å²) >= 11 is 0. The molecular formula is C8H16F3NO. The van der Waals surface area contributed by atoms with E-state index in [4.69, 9.17) is 0 Å². The lowest BCUT2D eigenvalue weighted by molar-refractivity contribution is -0.184. The number of nitrogens with zero attached hydrogens (tertiary/aromatic N) is 1. The van der Waals surface area contributed by atoms with Crippen LogP contribution < -0.4 is 0 Å². The molecule has 5 heteroatoms. The molecule has 0 aromatic heterocycles. The van der Waals surface area contributed by atoms with E-state index < -0.39 is 12.8 Å². The number of hydrogen-bond acceptors (Lipinski definition) is 2. The number of alkyl halides is 3. The predicted octanol–water partition coefficient (Wildman–Crippen LogP) is 1.91. The minimum absolute atomic E-state index is 0.383. The van der Waals surface area contributed by atoms with Crippen molar-refractivity contribution in [2.24, 2.45) is 0 Å². The minimum Gasteiger partial charge on any atom is -0.368 e. The zero-order valence-electron chi connectivity index (χ0n) is 8.19. The molecule has 0 radical (unpaired) electrons. The summed E-state index contributed by atoms with van der Waals surface area (Å²) in [6, 6.07) is 0.